The smallest absolute Gasteiger partial charge is 0.264 e. The maximum Gasteiger partial charge on any atom is 0.264 e. The number of nitrogens with zero attached hydrogens (tertiary/aromatic N) is 3. The highest BCUT2D eigenvalue weighted by atomic mass is 32.1. The largest absolute Gasteiger partial charge is 0.306 e. The molecule has 0 atom stereocenters. The summed E-state index contributed by atoms with van der Waals surface area (Å²) in [5.41, 5.74) is 5.62. The van der Waals surface area contributed by atoms with Crippen LogP contribution in [0.25, 0.3) is 5.57 Å². The molecule has 1 aliphatic rings. The molecule has 0 spiro atoms. The normalized spacial score (nSPS) is 14.6. The van der Waals surface area contributed by atoms with E-state index in [1.807, 2.05) is 67.8 Å². The predicted octanol–water partition coefficient (Wildman–Crippen LogP) is 6.73. The highest BCUT2D eigenvalue weighted by molar-refractivity contribution is 7.14. The van der Waals surface area contributed by atoms with Crippen molar-refractivity contribution in [3.05, 3.63) is 82.9 Å². The van der Waals surface area contributed by atoms with Gasteiger partial charge in [-0.2, -0.15) is 0 Å². The van der Waals surface area contributed by atoms with Gasteiger partial charge < -0.3 is 4.90 Å². The molecule has 3 aromatic rings. The molecule has 1 aliphatic heterocycles. The van der Waals surface area contributed by atoms with Gasteiger partial charge in [0.2, 0.25) is 0 Å². The van der Waals surface area contributed by atoms with Crippen LogP contribution in [0, 0.1) is 19.8 Å². The van der Waals surface area contributed by atoms with E-state index in [1.165, 1.54) is 11.3 Å². The molecule has 5 heteroatoms. The Labute approximate surface area is 196 Å². The summed E-state index contributed by atoms with van der Waals surface area (Å²) < 4.78 is 0. The molecule has 0 aliphatic carbocycles. The van der Waals surface area contributed by atoms with E-state index in [-0.39, 0.29) is 13.3 Å². The molecule has 0 N–H and O–H groups in total. The molecule has 168 valence electrons. The van der Waals surface area contributed by atoms with Gasteiger partial charge in [0.1, 0.15) is 0 Å². The zero-order chi connectivity index (χ0) is 22.0. The van der Waals surface area contributed by atoms with Gasteiger partial charge >= 0.3 is 0 Å². The van der Waals surface area contributed by atoms with E-state index < -0.39 is 0 Å². The SMILES string of the molecule is C.C=C(c1csc(N(C(=O)c2ccccc2C)c2ccc(C)cc2)n1)C1CCN(C)CC1. The van der Waals surface area contributed by atoms with E-state index in [9.17, 15) is 4.79 Å². The fourth-order valence-corrected chi connectivity index (χ4v) is 4.89. The molecule has 2 aromatic carbocycles. The summed E-state index contributed by atoms with van der Waals surface area (Å²) in [7, 11) is 2.16. The number of aryl methyl sites for hydroxylation is 2. The minimum atomic E-state index is -0.0623. The molecule has 1 saturated heterocycles. The lowest BCUT2D eigenvalue weighted by Gasteiger charge is -2.29. The van der Waals surface area contributed by atoms with Crippen molar-refractivity contribution in [2.45, 2.75) is 34.1 Å². The number of amides is 1. The second-order valence-electron chi connectivity index (χ2n) is 8.41. The van der Waals surface area contributed by atoms with Crippen LogP contribution >= 0.6 is 11.3 Å². The zero-order valence-electron chi connectivity index (χ0n) is 18.5. The Morgan fingerprint density at radius 3 is 2.41 bits per heavy atom. The van der Waals surface area contributed by atoms with Gasteiger partial charge in [-0.05, 0) is 82.1 Å². The van der Waals surface area contributed by atoms with E-state index in [0.29, 0.717) is 16.6 Å². The highest BCUT2D eigenvalue weighted by Crippen LogP contribution is 2.36. The number of aromatic nitrogens is 1. The third-order valence-corrected chi connectivity index (χ3v) is 6.92. The van der Waals surface area contributed by atoms with Gasteiger partial charge in [-0.25, -0.2) is 4.98 Å². The van der Waals surface area contributed by atoms with Gasteiger partial charge in [-0.15, -0.1) is 11.3 Å². The Balaban J connectivity index is 0.00000289. The maximum atomic E-state index is 13.6. The summed E-state index contributed by atoms with van der Waals surface area (Å²) in [5, 5.41) is 2.73. The van der Waals surface area contributed by atoms with Crippen molar-refractivity contribution in [2.24, 2.45) is 5.92 Å². The van der Waals surface area contributed by atoms with Gasteiger partial charge in [0.05, 0.1) is 11.4 Å². The molecule has 4 rings (SSSR count). The molecule has 32 heavy (non-hydrogen) atoms. The number of likely N-dealkylation sites (tertiary alicyclic amines) is 1. The first-order chi connectivity index (χ1) is 14.9. The quantitative estimate of drug-likeness (QED) is 0.435. The summed E-state index contributed by atoms with van der Waals surface area (Å²) in [6, 6.07) is 15.7. The van der Waals surface area contributed by atoms with Crippen LogP contribution in [0.5, 0.6) is 0 Å². The lowest BCUT2D eigenvalue weighted by atomic mass is 9.89. The highest BCUT2D eigenvalue weighted by Gasteiger charge is 2.26. The minimum Gasteiger partial charge on any atom is -0.306 e. The number of rotatable bonds is 5. The van der Waals surface area contributed by atoms with Crippen molar-refractivity contribution >= 4 is 33.6 Å². The first kappa shape index (κ1) is 23.9. The second-order valence-corrected chi connectivity index (χ2v) is 9.25. The summed E-state index contributed by atoms with van der Waals surface area (Å²) in [6.07, 6.45) is 2.21. The average molecular weight is 448 g/mol. The number of thiazole rings is 1. The Bertz CT molecular complexity index is 1080. The molecule has 0 unspecified atom stereocenters. The van der Waals surface area contributed by atoms with Crippen molar-refractivity contribution in [3.63, 3.8) is 0 Å². The molecule has 4 nitrogen and oxygen atoms in total. The lowest BCUT2D eigenvalue weighted by molar-refractivity contribution is 0.0998. The van der Waals surface area contributed by atoms with Gasteiger partial charge in [0.15, 0.2) is 5.13 Å². The number of anilines is 2. The zero-order valence-corrected chi connectivity index (χ0v) is 19.3. The molecule has 0 bridgehead atoms. The number of carbonyl (C=O) groups excluding carboxylic acids is 1. The number of hydrogen-bond acceptors (Lipinski definition) is 4. The molecule has 2 heterocycles. The first-order valence-corrected chi connectivity index (χ1v) is 11.6. The van der Waals surface area contributed by atoms with E-state index in [2.05, 4.69) is 18.5 Å². The molecule has 0 radical (unpaired) electrons. The summed E-state index contributed by atoms with van der Waals surface area (Å²) in [4.78, 5) is 22.6. The number of hydrogen-bond donors (Lipinski definition) is 0. The van der Waals surface area contributed by atoms with Gasteiger partial charge in [0, 0.05) is 10.9 Å². The van der Waals surface area contributed by atoms with Crippen LogP contribution in [0.1, 0.15) is 47.4 Å². The molecule has 0 saturated carbocycles. The maximum absolute atomic E-state index is 13.6. The molecule has 1 amide bonds. The number of benzene rings is 2. The Morgan fingerprint density at radius 2 is 1.75 bits per heavy atom. The van der Waals surface area contributed by atoms with Gasteiger partial charge in [-0.1, -0.05) is 49.9 Å². The van der Waals surface area contributed by atoms with Crippen molar-refractivity contribution in [2.75, 3.05) is 25.0 Å². The fourth-order valence-electron chi connectivity index (χ4n) is 4.02. The second kappa shape index (κ2) is 10.2. The minimum absolute atomic E-state index is 0. The third kappa shape index (κ3) is 5.00. The van der Waals surface area contributed by atoms with Gasteiger partial charge in [-0.3, -0.25) is 9.69 Å². The lowest BCUT2D eigenvalue weighted by Crippen LogP contribution is -2.30. The Morgan fingerprint density at radius 1 is 1.09 bits per heavy atom. The van der Waals surface area contributed by atoms with E-state index in [1.54, 1.807) is 4.90 Å². The molecular formula is C27H33N3OS. The fraction of sp³-hybridized carbons (Fsp3) is 0.333. The Hall–Kier alpha value is -2.76. The number of allylic oxidation sites excluding steroid dienone is 1. The average Bonchev–Trinajstić information content (AvgIpc) is 3.25. The topological polar surface area (TPSA) is 36.4 Å². The summed E-state index contributed by atoms with van der Waals surface area (Å²) >= 11 is 1.50. The van der Waals surface area contributed by atoms with E-state index in [0.717, 1.165) is 54.0 Å². The van der Waals surface area contributed by atoms with Crippen molar-refractivity contribution < 1.29 is 4.79 Å². The summed E-state index contributed by atoms with van der Waals surface area (Å²) in [6.45, 7) is 10.6. The van der Waals surface area contributed by atoms with Crippen LogP contribution in [0.4, 0.5) is 10.8 Å². The third-order valence-electron chi connectivity index (χ3n) is 6.09. The van der Waals surface area contributed by atoms with Crippen LogP contribution in [0.3, 0.4) is 0 Å². The standard InChI is InChI=1S/C26H29N3OS.CH4/c1-18-9-11-22(12-10-18)29(25(30)23-8-6-5-7-19(23)2)26-27-24(17-31-26)20(3)21-13-15-28(4)16-14-21;/h5-12,17,21H,3,13-16H2,1-2,4H3;1H4. The van der Waals surface area contributed by atoms with Crippen molar-refractivity contribution in [1.29, 1.82) is 0 Å². The van der Waals surface area contributed by atoms with Crippen LogP contribution in [0.15, 0.2) is 60.5 Å². The monoisotopic (exact) mass is 447 g/mol. The van der Waals surface area contributed by atoms with Crippen molar-refractivity contribution in [3.8, 4) is 0 Å². The van der Waals surface area contributed by atoms with Crippen LogP contribution in [-0.4, -0.2) is 35.9 Å². The Kier molecular flexibility index (Phi) is 7.64. The molecule has 1 fully saturated rings. The molecular weight excluding hydrogens is 414 g/mol. The molecule has 1 aromatic heterocycles. The number of piperidine rings is 1. The predicted molar refractivity (Wildman–Crippen MR) is 137 cm³/mol. The van der Waals surface area contributed by atoms with E-state index >= 15 is 0 Å². The number of carbonyl (C=O) groups is 1. The summed E-state index contributed by atoms with van der Waals surface area (Å²) in [5.74, 6) is 0.388. The first-order valence-electron chi connectivity index (χ1n) is 10.7. The van der Waals surface area contributed by atoms with Crippen LogP contribution in [-0.2, 0) is 0 Å². The van der Waals surface area contributed by atoms with Gasteiger partial charge in [0.25, 0.3) is 5.91 Å². The van der Waals surface area contributed by atoms with Crippen LogP contribution in [0.2, 0.25) is 0 Å². The van der Waals surface area contributed by atoms with Crippen molar-refractivity contribution in [1.82, 2.24) is 9.88 Å². The van der Waals surface area contributed by atoms with E-state index in [4.69, 9.17) is 4.98 Å². The van der Waals surface area contributed by atoms with Crippen LogP contribution < -0.4 is 4.90 Å².